The van der Waals surface area contributed by atoms with Crippen LogP contribution in [0.3, 0.4) is 0 Å². The number of carboxylic acids is 1. The van der Waals surface area contributed by atoms with Crippen molar-refractivity contribution in [1.29, 1.82) is 0 Å². The summed E-state index contributed by atoms with van der Waals surface area (Å²) in [6.45, 7) is 2.10. The van der Waals surface area contributed by atoms with Crippen molar-refractivity contribution in [2.45, 2.75) is 32.6 Å². The second-order valence-electron chi connectivity index (χ2n) is 3.47. The third kappa shape index (κ3) is 3.06. The van der Waals surface area contributed by atoms with Gasteiger partial charge in [-0.3, -0.25) is 4.79 Å². The van der Waals surface area contributed by atoms with Gasteiger partial charge < -0.3 is 9.67 Å². The van der Waals surface area contributed by atoms with Crippen LogP contribution >= 0.6 is 15.9 Å². The SMILES string of the molecule is CCCc1nc(Br)c(CCC(=O)O)n1C. The van der Waals surface area contributed by atoms with Crippen molar-refractivity contribution >= 4 is 21.9 Å². The molecule has 5 heteroatoms. The minimum atomic E-state index is -0.778. The van der Waals surface area contributed by atoms with E-state index in [4.69, 9.17) is 5.11 Å². The van der Waals surface area contributed by atoms with Crippen LogP contribution < -0.4 is 0 Å². The fourth-order valence-electron chi connectivity index (χ4n) is 1.49. The molecule has 1 aromatic rings. The molecule has 0 aliphatic rings. The van der Waals surface area contributed by atoms with Crippen molar-refractivity contribution in [3.63, 3.8) is 0 Å². The molecule has 0 atom stereocenters. The van der Waals surface area contributed by atoms with Crippen molar-refractivity contribution in [1.82, 2.24) is 9.55 Å². The summed E-state index contributed by atoms with van der Waals surface area (Å²) in [6, 6.07) is 0. The summed E-state index contributed by atoms with van der Waals surface area (Å²) in [4.78, 5) is 14.8. The maximum atomic E-state index is 10.5. The zero-order chi connectivity index (χ0) is 11.4. The van der Waals surface area contributed by atoms with E-state index < -0.39 is 5.97 Å². The third-order valence-corrected chi connectivity index (χ3v) is 2.94. The number of hydrogen-bond acceptors (Lipinski definition) is 2. The molecule has 0 spiro atoms. The molecule has 1 rings (SSSR count). The van der Waals surface area contributed by atoms with Crippen LogP contribution in [0.25, 0.3) is 0 Å². The van der Waals surface area contributed by atoms with E-state index in [2.05, 4.69) is 27.8 Å². The third-order valence-electron chi connectivity index (χ3n) is 2.31. The molecule has 0 aliphatic heterocycles. The van der Waals surface area contributed by atoms with Crippen LogP contribution in [-0.4, -0.2) is 20.6 Å². The topological polar surface area (TPSA) is 55.1 Å². The summed E-state index contributed by atoms with van der Waals surface area (Å²) in [7, 11) is 1.93. The van der Waals surface area contributed by atoms with Gasteiger partial charge in [-0.15, -0.1) is 0 Å². The second kappa shape index (κ2) is 5.30. The molecule has 1 aromatic heterocycles. The lowest BCUT2D eigenvalue weighted by atomic mass is 10.2. The number of aliphatic carboxylic acids is 1. The molecular formula is C10H15BrN2O2. The van der Waals surface area contributed by atoms with Gasteiger partial charge in [0, 0.05) is 19.9 Å². The highest BCUT2D eigenvalue weighted by atomic mass is 79.9. The van der Waals surface area contributed by atoms with Gasteiger partial charge in [-0.05, 0) is 22.4 Å². The molecule has 0 unspecified atom stereocenters. The first-order valence-corrected chi connectivity index (χ1v) is 5.77. The van der Waals surface area contributed by atoms with E-state index in [1.54, 1.807) is 0 Å². The Bertz CT molecular complexity index is 361. The monoisotopic (exact) mass is 274 g/mol. The molecule has 0 saturated carbocycles. The van der Waals surface area contributed by atoms with E-state index in [0.717, 1.165) is 29.0 Å². The summed E-state index contributed by atoms with van der Waals surface area (Å²) >= 11 is 3.36. The smallest absolute Gasteiger partial charge is 0.303 e. The molecule has 0 bridgehead atoms. The summed E-state index contributed by atoms with van der Waals surface area (Å²) in [5.74, 6) is 0.227. The van der Waals surface area contributed by atoms with Gasteiger partial charge in [-0.25, -0.2) is 4.98 Å². The molecule has 0 radical (unpaired) electrons. The molecule has 0 aliphatic carbocycles. The summed E-state index contributed by atoms with van der Waals surface area (Å²) in [5.41, 5.74) is 0.959. The van der Waals surface area contributed by atoms with Crippen LogP contribution in [0.15, 0.2) is 4.60 Å². The normalized spacial score (nSPS) is 10.6. The Labute approximate surface area is 97.4 Å². The minimum absolute atomic E-state index is 0.143. The van der Waals surface area contributed by atoms with Gasteiger partial charge in [0.1, 0.15) is 10.4 Å². The van der Waals surface area contributed by atoms with Crippen molar-refractivity contribution in [3.8, 4) is 0 Å². The molecule has 4 nitrogen and oxygen atoms in total. The number of halogens is 1. The number of aromatic nitrogens is 2. The number of imidazole rings is 1. The largest absolute Gasteiger partial charge is 0.481 e. The first-order chi connectivity index (χ1) is 7.06. The number of nitrogens with zero attached hydrogens (tertiary/aromatic N) is 2. The average molecular weight is 275 g/mol. The highest BCUT2D eigenvalue weighted by Gasteiger charge is 2.12. The fraction of sp³-hybridized carbons (Fsp3) is 0.600. The Kier molecular flexibility index (Phi) is 4.32. The molecule has 0 aromatic carbocycles. The maximum absolute atomic E-state index is 10.5. The van der Waals surface area contributed by atoms with E-state index >= 15 is 0 Å². The van der Waals surface area contributed by atoms with Gasteiger partial charge in [-0.1, -0.05) is 6.92 Å². The van der Waals surface area contributed by atoms with Gasteiger partial charge in [0.2, 0.25) is 0 Å². The molecule has 0 fully saturated rings. The number of aryl methyl sites for hydroxylation is 1. The first-order valence-electron chi connectivity index (χ1n) is 4.98. The highest BCUT2D eigenvalue weighted by molar-refractivity contribution is 9.10. The number of rotatable bonds is 5. The van der Waals surface area contributed by atoms with E-state index in [1.165, 1.54) is 0 Å². The Morgan fingerprint density at radius 3 is 2.73 bits per heavy atom. The highest BCUT2D eigenvalue weighted by Crippen LogP contribution is 2.19. The van der Waals surface area contributed by atoms with Gasteiger partial charge in [0.05, 0.1) is 12.1 Å². The van der Waals surface area contributed by atoms with Crippen LogP contribution in [0.1, 0.15) is 31.3 Å². The zero-order valence-electron chi connectivity index (χ0n) is 8.96. The summed E-state index contributed by atoms with van der Waals surface area (Å²) in [5, 5.41) is 8.62. The Hall–Kier alpha value is -0.840. The van der Waals surface area contributed by atoms with E-state index in [1.807, 2.05) is 11.6 Å². The molecule has 15 heavy (non-hydrogen) atoms. The number of hydrogen-bond donors (Lipinski definition) is 1. The fourth-order valence-corrected chi connectivity index (χ4v) is 2.16. The predicted octanol–water partition coefficient (Wildman–Crippen LogP) is 2.15. The van der Waals surface area contributed by atoms with Gasteiger partial charge in [-0.2, -0.15) is 0 Å². The van der Waals surface area contributed by atoms with E-state index in [9.17, 15) is 4.79 Å². The standard InChI is InChI=1S/C10H15BrN2O2/c1-3-4-8-12-10(11)7(13(8)2)5-6-9(14)15/h3-6H2,1-2H3,(H,14,15). The Morgan fingerprint density at radius 2 is 2.20 bits per heavy atom. The number of carbonyl (C=O) groups is 1. The van der Waals surface area contributed by atoms with Crippen LogP contribution in [0.4, 0.5) is 0 Å². The van der Waals surface area contributed by atoms with E-state index in [0.29, 0.717) is 6.42 Å². The van der Waals surface area contributed by atoms with Crippen molar-refractivity contribution in [2.75, 3.05) is 0 Å². The van der Waals surface area contributed by atoms with Crippen LogP contribution in [0, 0.1) is 0 Å². The molecular weight excluding hydrogens is 260 g/mol. The first kappa shape index (κ1) is 12.2. The molecule has 1 heterocycles. The quantitative estimate of drug-likeness (QED) is 0.895. The van der Waals surface area contributed by atoms with Gasteiger partial charge >= 0.3 is 5.97 Å². The lowest BCUT2D eigenvalue weighted by molar-refractivity contribution is -0.136. The Morgan fingerprint density at radius 1 is 1.53 bits per heavy atom. The van der Waals surface area contributed by atoms with Crippen LogP contribution in [-0.2, 0) is 24.7 Å². The van der Waals surface area contributed by atoms with Crippen LogP contribution in [0.5, 0.6) is 0 Å². The molecule has 0 saturated heterocycles. The molecule has 0 amide bonds. The number of carboxylic acid groups (broad SMARTS) is 1. The van der Waals surface area contributed by atoms with Crippen molar-refractivity contribution in [2.24, 2.45) is 7.05 Å². The summed E-state index contributed by atoms with van der Waals surface area (Å²) < 4.78 is 2.76. The molecule has 84 valence electrons. The van der Waals surface area contributed by atoms with Gasteiger partial charge in [0.25, 0.3) is 0 Å². The lowest BCUT2D eigenvalue weighted by Gasteiger charge is -2.03. The second-order valence-corrected chi connectivity index (χ2v) is 4.22. The van der Waals surface area contributed by atoms with Gasteiger partial charge in [0.15, 0.2) is 0 Å². The van der Waals surface area contributed by atoms with Crippen molar-refractivity contribution in [3.05, 3.63) is 16.1 Å². The minimum Gasteiger partial charge on any atom is -0.481 e. The van der Waals surface area contributed by atoms with Crippen molar-refractivity contribution < 1.29 is 9.90 Å². The Balaban J connectivity index is 2.82. The summed E-state index contributed by atoms with van der Waals surface area (Å²) in [6.07, 6.45) is 2.62. The average Bonchev–Trinajstić information content (AvgIpc) is 2.40. The van der Waals surface area contributed by atoms with E-state index in [-0.39, 0.29) is 6.42 Å². The molecule has 1 N–H and O–H groups in total. The van der Waals surface area contributed by atoms with Crippen LogP contribution in [0.2, 0.25) is 0 Å². The predicted molar refractivity (Wildman–Crippen MR) is 60.9 cm³/mol. The lowest BCUT2D eigenvalue weighted by Crippen LogP contribution is -2.05. The zero-order valence-corrected chi connectivity index (χ0v) is 10.5. The maximum Gasteiger partial charge on any atom is 0.303 e.